The van der Waals surface area contributed by atoms with Crippen LogP contribution in [0.4, 0.5) is 4.79 Å². The summed E-state index contributed by atoms with van der Waals surface area (Å²) < 4.78 is 1.59. The van der Waals surface area contributed by atoms with E-state index >= 15 is 0 Å². The Labute approximate surface area is 118 Å². The van der Waals surface area contributed by atoms with Crippen LogP contribution in [0.15, 0.2) is 36.7 Å². The molecular formula is C12H12N6OS. The smallest absolute Gasteiger partial charge is 0.315 e. The molecule has 3 rings (SSSR count). The molecule has 0 saturated carbocycles. The summed E-state index contributed by atoms with van der Waals surface area (Å²) in [4.78, 5) is 12.4. The van der Waals surface area contributed by atoms with Gasteiger partial charge in [0.2, 0.25) is 4.96 Å². The first-order chi connectivity index (χ1) is 9.81. The minimum absolute atomic E-state index is 0.222. The number of amides is 2. The number of nitrogens with zero attached hydrogens (tertiary/aromatic N) is 4. The highest BCUT2D eigenvalue weighted by molar-refractivity contribution is 7.16. The highest BCUT2D eigenvalue weighted by Gasteiger charge is 2.06. The number of carbonyl (C=O) groups excluding carboxylic acids is 1. The number of hydrogen-bond acceptors (Lipinski definition) is 5. The van der Waals surface area contributed by atoms with Gasteiger partial charge in [0.05, 0.1) is 6.54 Å². The molecule has 0 saturated heterocycles. The van der Waals surface area contributed by atoms with E-state index in [-0.39, 0.29) is 6.03 Å². The summed E-state index contributed by atoms with van der Waals surface area (Å²) in [5, 5.41) is 18.2. The summed E-state index contributed by atoms with van der Waals surface area (Å²) in [6.07, 6.45) is 1.53. The lowest BCUT2D eigenvalue weighted by molar-refractivity contribution is 0.240. The number of nitrogens with one attached hydrogen (secondary N) is 2. The van der Waals surface area contributed by atoms with Crippen LogP contribution in [0.2, 0.25) is 0 Å². The van der Waals surface area contributed by atoms with E-state index in [9.17, 15) is 4.79 Å². The predicted octanol–water partition coefficient (Wildman–Crippen LogP) is 1.19. The molecule has 0 aliphatic carbocycles. The molecule has 0 fully saturated rings. The van der Waals surface area contributed by atoms with Crippen LogP contribution >= 0.6 is 11.3 Å². The third-order valence-electron chi connectivity index (χ3n) is 2.62. The van der Waals surface area contributed by atoms with Crippen molar-refractivity contribution in [1.82, 2.24) is 30.4 Å². The summed E-state index contributed by atoms with van der Waals surface area (Å²) in [5.74, 6) is 0. The van der Waals surface area contributed by atoms with Crippen molar-refractivity contribution in [3.63, 3.8) is 0 Å². The molecule has 3 aromatic rings. The van der Waals surface area contributed by atoms with Crippen molar-refractivity contribution in [1.29, 1.82) is 0 Å². The molecule has 0 bridgehead atoms. The monoisotopic (exact) mass is 288 g/mol. The average molecular weight is 288 g/mol. The maximum atomic E-state index is 11.7. The van der Waals surface area contributed by atoms with Crippen molar-refractivity contribution in [2.24, 2.45) is 0 Å². The molecule has 0 unspecified atom stereocenters. The summed E-state index contributed by atoms with van der Waals surface area (Å²) >= 11 is 1.40. The van der Waals surface area contributed by atoms with Crippen LogP contribution < -0.4 is 10.6 Å². The molecule has 0 aliphatic heterocycles. The first-order valence-electron chi connectivity index (χ1n) is 6.02. The zero-order valence-electron chi connectivity index (χ0n) is 10.5. The third-order valence-corrected chi connectivity index (χ3v) is 3.54. The number of fused-ring (bicyclic) bond motifs is 1. The molecule has 0 aliphatic rings. The zero-order chi connectivity index (χ0) is 13.8. The molecule has 2 amide bonds. The van der Waals surface area contributed by atoms with Gasteiger partial charge in [-0.15, -0.1) is 10.2 Å². The topological polar surface area (TPSA) is 84.2 Å². The number of aromatic nitrogens is 4. The second kappa shape index (κ2) is 5.66. The van der Waals surface area contributed by atoms with Crippen LogP contribution in [0.25, 0.3) is 4.96 Å². The maximum absolute atomic E-state index is 11.7. The summed E-state index contributed by atoms with van der Waals surface area (Å²) in [6, 6.07) is 9.52. The van der Waals surface area contributed by atoms with Gasteiger partial charge in [-0.05, 0) is 5.56 Å². The van der Waals surface area contributed by atoms with Crippen molar-refractivity contribution in [3.05, 3.63) is 47.2 Å². The molecule has 0 spiro atoms. The van der Waals surface area contributed by atoms with Gasteiger partial charge in [-0.25, -0.2) is 4.79 Å². The van der Waals surface area contributed by atoms with Gasteiger partial charge in [0.15, 0.2) is 0 Å². The highest BCUT2D eigenvalue weighted by Crippen LogP contribution is 2.10. The second-order valence-corrected chi connectivity index (χ2v) is 5.12. The molecule has 0 atom stereocenters. The Morgan fingerprint density at radius 2 is 2.00 bits per heavy atom. The van der Waals surface area contributed by atoms with Crippen molar-refractivity contribution in [2.45, 2.75) is 13.1 Å². The lowest BCUT2D eigenvalue weighted by atomic mass is 10.2. The SMILES string of the molecule is O=C(NCc1ccccc1)NCc1nn2cnnc2s1. The average Bonchev–Trinajstić information content (AvgIpc) is 3.05. The number of hydrogen-bond donors (Lipinski definition) is 2. The molecule has 102 valence electrons. The van der Waals surface area contributed by atoms with E-state index in [1.807, 2.05) is 30.3 Å². The van der Waals surface area contributed by atoms with Crippen molar-refractivity contribution in [3.8, 4) is 0 Å². The van der Waals surface area contributed by atoms with E-state index in [4.69, 9.17) is 0 Å². The highest BCUT2D eigenvalue weighted by atomic mass is 32.1. The summed E-state index contributed by atoms with van der Waals surface area (Å²) in [7, 11) is 0. The molecule has 7 nitrogen and oxygen atoms in total. The van der Waals surface area contributed by atoms with E-state index < -0.39 is 0 Å². The fraction of sp³-hybridized carbons (Fsp3) is 0.167. The fourth-order valence-electron chi connectivity index (χ4n) is 1.67. The van der Waals surface area contributed by atoms with Crippen LogP contribution in [0.3, 0.4) is 0 Å². The van der Waals surface area contributed by atoms with Gasteiger partial charge in [-0.3, -0.25) is 0 Å². The van der Waals surface area contributed by atoms with Crippen LogP contribution in [0, 0.1) is 0 Å². The first kappa shape index (κ1) is 12.5. The van der Waals surface area contributed by atoms with Crippen molar-refractivity contribution < 1.29 is 4.79 Å². The van der Waals surface area contributed by atoms with Gasteiger partial charge in [0, 0.05) is 6.54 Å². The lowest BCUT2D eigenvalue weighted by Gasteiger charge is -2.05. The summed E-state index contributed by atoms with van der Waals surface area (Å²) in [5.41, 5.74) is 1.06. The minimum atomic E-state index is -0.222. The van der Waals surface area contributed by atoms with Gasteiger partial charge in [0.25, 0.3) is 0 Å². The van der Waals surface area contributed by atoms with Crippen molar-refractivity contribution >= 4 is 22.3 Å². The molecular weight excluding hydrogens is 276 g/mol. The van der Waals surface area contributed by atoms with Crippen LogP contribution in [-0.2, 0) is 13.1 Å². The Bertz CT molecular complexity index is 678. The number of benzene rings is 1. The van der Waals surface area contributed by atoms with Crippen molar-refractivity contribution in [2.75, 3.05) is 0 Å². The molecule has 0 radical (unpaired) electrons. The molecule has 2 N–H and O–H groups in total. The van der Waals surface area contributed by atoms with E-state index in [0.717, 1.165) is 10.6 Å². The zero-order valence-corrected chi connectivity index (χ0v) is 11.3. The quantitative estimate of drug-likeness (QED) is 0.755. The minimum Gasteiger partial charge on any atom is -0.334 e. The second-order valence-electron chi connectivity index (χ2n) is 4.08. The largest absolute Gasteiger partial charge is 0.334 e. The molecule has 2 heterocycles. The normalized spacial score (nSPS) is 10.6. The van der Waals surface area contributed by atoms with Crippen LogP contribution in [0.5, 0.6) is 0 Å². The Kier molecular flexibility index (Phi) is 3.55. The van der Waals surface area contributed by atoms with E-state index in [2.05, 4.69) is 25.9 Å². The lowest BCUT2D eigenvalue weighted by Crippen LogP contribution is -2.34. The first-order valence-corrected chi connectivity index (χ1v) is 6.84. The van der Waals surface area contributed by atoms with Gasteiger partial charge in [-0.1, -0.05) is 41.7 Å². The molecule has 1 aromatic carbocycles. The third kappa shape index (κ3) is 2.91. The van der Waals surface area contributed by atoms with E-state index in [1.54, 1.807) is 4.52 Å². The maximum Gasteiger partial charge on any atom is 0.315 e. The number of carbonyl (C=O) groups is 1. The van der Waals surface area contributed by atoms with Crippen LogP contribution in [0.1, 0.15) is 10.6 Å². The summed E-state index contributed by atoms with van der Waals surface area (Å²) in [6.45, 7) is 0.867. The Morgan fingerprint density at radius 1 is 1.20 bits per heavy atom. The van der Waals surface area contributed by atoms with E-state index in [1.165, 1.54) is 17.7 Å². The van der Waals surface area contributed by atoms with E-state index in [0.29, 0.717) is 18.1 Å². The fourth-order valence-corrected chi connectivity index (χ4v) is 2.42. The molecule has 20 heavy (non-hydrogen) atoms. The van der Waals surface area contributed by atoms with Crippen LogP contribution in [-0.4, -0.2) is 25.8 Å². The van der Waals surface area contributed by atoms with Gasteiger partial charge in [-0.2, -0.15) is 9.61 Å². The Balaban J connectivity index is 1.48. The standard InChI is InChI=1S/C12H12N6OS/c19-11(13-6-9-4-2-1-3-5-9)14-7-10-17-18-8-15-16-12(18)20-10/h1-5,8H,6-7H2,(H2,13,14,19). The molecule has 2 aromatic heterocycles. The Hall–Kier alpha value is -2.48. The molecule has 8 heteroatoms. The predicted molar refractivity (Wildman–Crippen MR) is 74.2 cm³/mol. The van der Waals surface area contributed by atoms with Gasteiger partial charge >= 0.3 is 6.03 Å². The Morgan fingerprint density at radius 3 is 2.80 bits per heavy atom. The van der Waals surface area contributed by atoms with Gasteiger partial charge < -0.3 is 10.6 Å². The van der Waals surface area contributed by atoms with Gasteiger partial charge in [0.1, 0.15) is 11.3 Å². The number of urea groups is 1. The number of rotatable bonds is 4.